The Kier molecular flexibility index (Phi) is 6.03. The Hall–Kier alpha value is -3.23. The number of benzene rings is 1. The maximum Gasteiger partial charge on any atom is 0.345 e. The van der Waals surface area contributed by atoms with Gasteiger partial charge in [-0.3, -0.25) is 4.79 Å². The van der Waals surface area contributed by atoms with Gasteiger partial charge in [0.05, 0.1) is 12.8 Å². The van der Waals surface area contributed by atoms with E-state index in [2.05, 4.69) is 10.3 Å². The van der Waals surface area contributed by atoms with Crippen LogP contribution in [0, 0.1) is 0 Å². The fraction of sp³-hybridized carbons (Fsp3) is 0.150. The van der Waals surface area contributed by atoms with Crippen LogP contribution in [-0.2, 0) is 0 Å². The molecule has 1 atom stereocenters. The zero-order chi connectivity index (χ0) is 20.1. The van der Waals surface area contributed by atoms with Gasteiger partial charge in [-0.1, -0.05) is 18.2 Å². The Bertz CT molecular complexity index is 1000. The van der Waals surface area contributed by atoms with E-state index >= 15 is 0 Å². The fourth-order valence-electron chi connectivity index (χ4n) is 2.57. The molecule has 0 saturated heterocycles. The number of carboxylic acid groups (broad SMARTS) is 1. The van der Waals surface area contributed by atoms with Crippen molar-refractivity contribution in [2.24, 2.45) is 0 Å². The maximum absolute atomic E-state index is 12.4. The molecular weight excluding hydrogens is 380 g/mol. The second-order valence-electron chi connectivity index (χ2n) is 5.92. The van der Waals surface area contributed by atoms with Crippen molar-refractivity contribution in [2.75, 3.05) is 13.7 Å². The van der Waals surface area contributed by atoms with Crippen LogP contribution in [-0.4, -0.2) is 40.7 Å². The minimum Gasteiger partial charge on any atom is -0.481 e. The van der Waals surface area contributed by atoms with Gasteiger partial charge in [-0.05, 0) is 40.8 Å². The van der Waals surface area contributed by atoms with Crippen molar-refractivity contribution in [3.05, 3.63) is 70.0 Å². The molecule has 0 aliphatic carbocycles. The van der Waals surface area contributed by atoms with Gasteiger partial charge in [-0.2, -0.15) is 0 Å². The summed E-state index contributed by atoms with van der Waals surface area (Å²) in [4.78, 5) is 27.9. The molecule has 0 spiro atoms. The van der Waals surface area contributed by atoms with Crippen LogP contribution in [0.2, 0.25) is 0 Å². The number of pyridine rings is 1. The van der Waals surface area contributed by atoms with Gasteiger partial charge < -0.3 is 20.3 Å². The lowest BCUT2D eigenvalue weighted by Crippen LogP contribution is -2.28. The van der Waals surface area contributed by atoms with Gasteiger partial charge in [0.2, 0.25) is 5.88 Å². The molecule has 0 bridgehead atoms. The number of hydrogen-bond acceptors (Lipinski definition) is 6. The summed E-state index contributed by atoms with van der Waals surface area (Å²) in [6.45, 7) is -0.00909. The molecule has 1 unspecified atom stereocenters. The smallest absolute Gasteiger partial charge is 0.345 e. The van der Waals surface area contributed by atoms with Gasteiger partial charge in [-0.15, -0.1) is 11.3 Å². The third-order valence-corrected chi connectivity index (χ3v) is 4.94. The van der Waals surface area contributed by atoms with Crippen molar-refractivity contribution >= 4 is 23.2 Å². The largest absolute Gasteiger partial charge is 0.481 e. The highest BCUT2D eigenvalue weighted by Gasteiger charge is 2.14. The van der Waals surface area contributed by atoms with Gasteiger partial charge >= 0.3 is 5.97 Å². The predicted octanol–water partition coefficient (Wildman–Crippen LogP) is 2.98. The van der Waals surface area contributed by atoms with Crippen molar-refractivity contribution in [3.63, 3.8) is 0 Å². The number of amides is 1. The molecular formula is C20H18N2O5S. The van der Waals surface area contributed by atoms with Crippen molar-refractivity contribution in [2.45, 2.75) is 6.10 Å². The first-order valence-electron chi connectivity index (χ1n) is 8.37. The summed E-state index contributed by atoms with van der Waals surface area (Å²) in [5.41, 5.74) is 2.28. The van der Waals surface area contributed by atoms with E-state index in [-0.39, 0.29) is 17.3 Å². The number of carbonyl (C=O) groups excluding carboxylic acids is 1. The van der Waals surface area contributed by atoms with Crippen LogP contribution in [0.5, 0.6) is 5.88 Å². The van der Waals surface area contributed by atoms with Crippen LogP contribution in [0.25, 0.3) is 11.1 Å². The number of aliphatic hydroxyl groups excluding tert-OH is 1. The Morgan fingerprint density at radius 2 is 1.96 bits per heavy atom. The first-order chi connectivity index (χ1) is 13.5. The van der Waals surface area contributed by atoms with Crippen LogP contribution >= 0.6 is 11.3 Å². The highest BCUT2D eigenvalue weighted by atomic mass is 32.1. The Morgan fingerprint density at radius 3 is 2.68 bits per heavy atom. The number of carboxylic acids is 1. The number of nitrogens with zero attached hydrogens (tertiary/aromatic N) is 1. The summed E-state index contributed by atoms with van der Waals surface area (Å²) in [5.74, 6) is -0.949. The van der Waals surface area contributed by atoms with E-state index in [4.69, 9.17) is 9.84 Å². The van der Waals surface area contributed by atoms with E-state index in [1.807, 2.05) is 0 Å². The zero-order valence-corrected chi connectivity index (χ0v) is 15.8. The quantitative estimate of drug-likeness (QED) is 0.565. The minimum atomic E-state index is -0.981. The van der Waals surface area contributed by atoms with E-state index in [9.17, 15) is 14.7 Å². The van der Waals surface area contributed by atoms with E-state index in [1.54, 1.807) is 53.9 Å². The number of rotatable bonds is 7. The molecule has 144 valence electrons. The number of thiophene rings is 1. The lowest BCUT2D eigenvalue weighted by Gasteiger charge is -2.12. The van der Waals surface area contributed by atoms with Crippen LogP contribution in [0.3, 0.4) is 0 Å². The highest BCUT2D eigenvalue weighted by molar-refractivity contribution is 7.12. The van der Waals surface area contributed by atoms with E-state index in [1.165, 1.54) is 7.11 Å². The molecule has 0 aliphatic heterocycles. The van der Waals surface area contributed by atoms with Crippen LogP contribution in [0.4, 0.5) is 0 Å². The molecule has 3 aromatic rings. The second kappa shape index (κ2) is 8.64. The lowest BCUT2D eigenvalue weighted by molar-refractivity contribution is 0.0702. The van der Waals surface area contributed by atoms with E-state index in [0.717, 1.165) is 22.5 Å². The molecule has 8 heteroatoms. The molecule has 0 fully saturated rings. The number of ether oxygens (including phenoxy) is 1. The molecule has 0 radical (unpaired) electrons. The molecule has 3 N–H and O–H groups in total. The normalized spacial score (nSPS) is 11.6. The topological polar surface area (TPSA) is 109 Å². The summed E-state index contributed by atoms with van der Waals surface area (Å²) in [6, 6.07) is 13.5. The first kappa shape index (κ1) is 19.5. The van der Waals surface area contributed by atoms with Crippen molar-refractivity contribution in [3.8, 4) is 17.0 Å². The molecule has 1 amide bonds. The maximum atomic E-state index is 12.4. The fourth-order valence-corrected chi connectivity index (χ4v) is 3.32. The predicted molar refractivity (Wildman–Crippen MR) is 105 cm³/mol. The number of aromatic nitrogens is 1. The van der Waals surface area contributed by atoms with Gasteiger partial charge in [0, 0.05) is 18.2 Å². The van der Waals surface area contributed by atoms with Crippen LogP contribution in [0.1, 0.15) is 31.8 Å². The molecule has 2 heterocycles. The summed E-state index contributed by atoms with van der Waals surface area (Å²) in [6.07, 6.45) is -0.975. The second-order valence-corrected chi connectivity index (χ2v) is 6.83. The van der Waals surface area contributed by atoms with Gasteiger partial charge in [0.25, 0.3) is 5.91 Å². The lowest BCUT2D eigenvalue weighted by atomic mass is 10.0. The number of aromatic carboxylic acids is 1. The zero-order valence-electron chi connectivity index (χ0n) is 15.0. The standard InChI is InChI=1S/C20H18N2O5S/c1-27-18-7-3-6-15(22-18)16(23)10-21-19(24)13-5-2-4-12(8-13)14-9-17(20(25)26)28-11-14/h2-9,11,16,23H,10H2,1H3,(H,21,24)(H,25,26). The third-order valence-electron chi connectivity index (χ3n) is 4.02. The van der Waals surface area contributed by atoms with Gasteiger partial charge in [0.1, 0.15) is 11.0 Å². The molecule has 2 aromatic heterocycles. The van der Waals surface area contributed by atoms with Gasteiger partial charge in [0.15, 0.2) is 0 Å². The molecule has 0 aliphatic rings. The number of carbonyl (C=O) groups is 2. The third kappa shape index (κ3) is 4.54. The SMILES string of the molecule is COc1cccc(C(O)CNC(=O)c2cccc(-c3csc(C(=O)O)c3)c2)n1. The number of aliphatic hydroxyl groups is 1. The number of hydrogen-bond donors (Lipinski definition) is 3. The van der Waals surface area contributed by atoms with Crippen molar-refractivity contribution in [1.29, 1.82) is 0 Å². The summed E-state index contributed by atoms with van der Waals surface area (Å²) < 4.78 is 5.03. The van der Waals surface area contributed by atoms with Gasteiger partial charge in [-0.25, -0.2) is 9.78 Å². The van der Waals surface area contributed by atoms with E-state index < -0.39 is 12.1 Å². The summed E-state index contributed by atoms with van der Waals surface area (Å²) >= 11 is 1.13. The number of methoxy groups -OCH3 is 1. The summed E-state index contributed by atoms with van der Waals surface area (Å²) in [7, 11) is 1.49. The Labute approximate surface area is 165 Å². The summed E-state index contributed by atoms with van der Waals surface area (Å²) in [5, 5.41) is 23.7. The Morgan fingerprint density at radius 1 is 1.18 bits per heavy atom. The van der Waals surface area contributed by atoms with Crippen LogP contribution in [0.15, 0.2) is 53.9 Å². The average molecular weight is 398 g/mol. The molecule has 1 aromatic carbocycles. The van der Waals surface area contributed by atoms with Crippen molar-refractivity contribution < 1.29 is 24.5 Å². The first-order valence-corrected chi connectivity index (χ1v) is 9.25. The molecule has 0 saturated carbocycles. The Balaban J connectivity index is 1.68. The molecule has 28 heavy (non-hydrogen) atoms. The monoisotopic (exact) mass is 398 g/mol. The van der Waals surface area contributed by atoms with E-state index in [0.29, 0.717) is 17.1 Å². The highest BCUT2D eigenvalue weighted by Crippen LogP contribution is 2.26. The molecule has 7 nitrogen and oxygen atoms in total. The average Bonchev–Trinajstić information content (AvgIpc) is 3.22. The van der Waals surface area contributed by atoms with Crippen LogP contribution < -0.4 is 10.1 Å². The minimum absolute atomic E-state index is 0.00909. The number of nitrogens with one attached hydrogen (secondary N) is 1. The van der Waals surface area contributed by atoms with Crippen molar-refractivity contribution in [1.82, 2.24) is 10.3 Å². The molecule has 3 rings (SSSR count).